The van der Waals surface area contributed by atoms with Crippen LogP contribution in [0.2, 0.25) is 0 Å². The molecule has 24 heavy (non-hydrogen) atoms. The fourth-order valence-electron chi connectivity index (χ4n) is 3.31. The van der Waals surface area contributed by atoms with Gasteiger partial charge in [-0.15, -0.1) is 0 Å². The van der Waals surface area contributed by atoms with Crippen LogP contribution >= 0.6 is 0 Å². The molecule has 1 amide bonds. The SMILES string of the molecule is COc1cccc(CC(C)NC(=O)c2cc(C)n(C(C)C)c2C)c1. The van der Waals surface area contributed by atoms with Crippen LogP contribution in [0.1, 0.15) is 54.1 Å². The predicted molar refractivity (Wildman–Crippen MR) is 97.9 cm³/mol. The normalized spacial score (nSPS) is 12.3. The van der Waals surface area contributed by atoms with Gasteiger partial charge < -0.3 is 14.6 Å². The summed E-state index contributed by atoms with van der Waals surface area (Å²) in [5.41, 5.74) is 4.05. The van der Waals surface area contributed by atoms with Crippen molar-refractivity contribution in [2.24, 2.45) is 0 Å². The molecule has 0 aliphatic rings. The molecule has 0 aliphatic heterocycles. The minimum atomic E-state index is -0.00889. The first-order valence-electron chi connectivity index (χ1n) is 8.45. The van der Waals surface area contributed by atoms with Crippen LogP contribution in [0.15, 0.2) is 30.3 Å². The highest BCUT2D eigenvalue weighted by Crippen LogP contribution is 2.20. The Morgan fingerprint density at radius 2 is 1.92 bits per heavy atom. The van der Waals surface area contributed by atoms with Crippen molar-refractivity contribution < 1.29 is 9.53 Å². The molecule has 0 spiro atoms. The maximum absolute atomic E-state index is 12.6. The van der Waals surface area contributed by atoms with Crippen molar-refractivity contribution in [2.45, 2.75) is 53.1 Å². The van der Waals surface area contributed by atoms with Gasteiger partial charge >= 0.3 is 0 Å². The largest absolute Gasteiger partial charge is 0.497 e. The molecule has 0 fully saturated rings. The maximum atomic E-state index is 12.6. The number of hydrogen-bond acceptors (Lipinski definition) is 2. The Morgan fingerprint density at radius 3 is 2.50 bits per heavy atom. The van der Waals surface area contributed by atoms with Gasteiger partial charge in [0.1, 0.15) is 5.75 Å². The number of aromatic nitrogens is 1. The highest BCUT2D eigenvalue weighted by molar-refractivity contribution is 5.95. The van der Waals surface area contributed by atoms with Gasteiger partial charge in [-0.05, 0) is 64.8 Å². The Bertz CT molecular complexity index is 716. The summed E-state index contributed by atoms with van der Waals surface area (Å²) in [6, 6.07) is 10.3. The topological polar surface area (TPSA) is 43.3 Å². The van der Waals surface area contributed by atoms with E-state index in [0.717, 1.165) is 34.7 Å². The number of methoxy groups -OCH3 is 1. The summed E-state index contributed by atoms with van der Waals surface area (Å²) in [4.78, 5) is 12.6. The smallest absolute Gasteiger partial charge is 0.253 e. The van der Waals surface area contributed by atoms with Crippen LogP contribution in [0, 0.1) is 13.8 Å². The van der Waals surface area contributed by atoms with Gasteiger partial charge in [0, 0.05) is 23.5 Å². The second-order valence-corrected chi connectivity index (χ2v) is 6.68. The molecule has 1 aromatic carbocycles. The lowest BCUT2D eigenvalue weighted by Gasteiger charge is -2.16. The molecule has 0 saturated carbocycles. The van der Waals surface area contributed by atoms with Crippen LogP contribution < -0.4 is 10.1 Å². The monoisotopic (exact) mass is 328 g/mol. The van der Waals surface area contributed by atoms with Crippen molar-refractivity contribution in [1.82, 2.24) is 9.88 Å². The van der Waals surface area contributed by atoms with Crippen molar-refractivity contribution in [3.63, 3.8) is 0 Å². The Labute approximate surface area is 144 Å². The van der Waals surface area contributed by atoms with Gasteiger partial charge in [0.15, 0.2) is 0 Å². The molecule has 0 bridgehead atoms. The van der Waals surface area contributed by atoms with E-state index in [9.17, 15) is 4.79 Å². The van der Waals surface area contributed by atoms with Crippen LogP contribution in [-0.2, 0) is 6.42 Å². The number of carbonyl (C=O) groups is 1. The highest BCUT2D eigenvalue weighted by atomic mass is 16.5. The minimum absolute atomic E-state index is 0.00889. The number of ether oxygens (including phenoxy) is 1. The van der Waals surface area contributed by atoms with Crippen LogP contribution in [0.25, 0.3) is 0 Å². The summed E-state index contributed by atoms with van der Waals surface area (Å²) in [6.07, 6.45) is 0.770. The first kappa shape index (κ1) is 18.1. The lowest BCUT2D eigenvalue weighted by Crippen LogP contribution is -2.34. The Balaban J connectivity index is 2.07. The number of nitrogens with zero attached hydrogens (tertiary/aromatic N) is 1. The van der Waals surface area contributed by atoms with Crippen LogP contribution in [-0.4, -0.2) is 23.6 Å². The van der Waals surface area contributed by atoms with E-state index in [1.807, 2.05) is 45.0 Å². The zero-order valence-electron chi connectivity index (χ0n) is 15.5. The van der Waals surface area contributed by atoms with Gasteiger partial charge in [-0.1, -0.05) is 12.1 Å². The van der Waals surface area contributed by atoms with Gasteiger partial charge in [-0.25, -0.2) is 0 Å². The quantitative estimate of drug-likeness (QED) is 0.869. The van der Waals surface area contributed by atoms with Crippen LogP contribution in [0.3, 0.4) is 0 Å². The minimum Gasteiger partial charge on any atom is -0.497 e. The lowest BCUT2D eigenvalue weighted by atomic mass is 10.1. The van der Waals surface area contributed by atoms with E-state index in [-0.39, 0.29) is 11.9 Å². The van der Waals surface area contributed by atoms with E-state index in [0.29, 0.717) is 6.04 Å². The third-order valence-electron chi connectivity index (χ3n) is 4.30. The Kier molecular flexibility index (Phi) is 5.71. The van der Waals surface area contributed by atoms with E-state index in [4.69, 9.17) is 4.74 Å². The van der Waals surface area contributed by atoms with E-state index in [1.54, 1.807) is 7.11 Å². The third-order valence-corrected chi connectivity index (χ3v) is 4.30. The Morgan fingerprint density at radius 1 is 1.21 bits per heavy atom. The van der Waals surface area contributed by atoms with Crippen molar-refractivity contribution >= 4 is 5.91 Å². The highest BCUT2D eigenvalue weighted by Gasteiger charge is 2.18. The predicted octanol–water partition coefficient (Wildman–Crippen LogP) is 4.06. The number of rotatable bonds is 6. The average molecular weight is 328 g/mol. The molecular formula is C20H28N2O2. The van der Waals surface area contributed by atoms with Crippen molar-refractivity contribution in [3.05, 3.63) is 52.8 Å². The molecule has 4 nitrogen and oxygen atoms in total. The molecular weight excluding hydrogens is 300 g/mol. The number of aryl methyl sites for hydroxylation is 1. The van der Waals surface area contributed by atoms with Crippen molar-refractivity contribution in [2.75, 3.05) is 7.11 Å². The maximum Gasteiger partial charge on any atom is 0.253 e. The molecule has 0 aliphatic carbocycles. The van der Waals surface area contributed by atoms with Gasteiger partial charge in [0.25, 0.3) is 5.91 Å². The molecule has 1 unspecified atom stereocenters. The molecule has 0 radical (unpaired) electrons. The van der Waals surface area contributed by atoms with Crippen LogP contribution in [0.4, 0.5) is 0 Å². The van der Waals surface area contributed by atoms with E-state index in [2.05, 4.69) is 29.8 Å². The van der Waals surface area contributed by atoms with E-state index < -0.39 is 0 Å². The number of carbonyl (C=O) groups excluding carboxylic acids is 1. The molecule has 1 N–H and O–H groups in total. The van der Waals surface area contributed by atoms with Gasteiger partial charge in [-0.3, -0.25) is 4.79 Å². The second-order valence-electron chi connectivity index (χ2n) is 6.68. The van der Waals surface area contributed by atoms with Gasteiger partial charge in [0.2, 0.25) is 0 Å². The van der Waals surface area contributed by atoms with E-state index in [1.165, 1.54) is 0 Å². The zero-order valence-corrected chi connectivity index (χ0v) is 15.5. The summed E-state index contributed by atoms with van der Waals surface area (Å²) in [6.45, 7) is 10.3. The number of amides is 1. The lowest BCUT2D eigenvalue weighted by molar-refractivity contribution is 0.0939. The van der Waals surface area contributed by atoms with E-state index >= 15 is 0 Å². The molecule has 2 rings (SSSR count). The molecule has 1 aromatic heterocycles. The summed E-state index contributed by atoms with van der Waals surface area (Å²) in [7, 11) is 1.66. The molecule has 1 heterocycles. The number of hydrogen-bond donors (Lipinski definition) is 1. The Hall–Kier alpha value is -2.23. The fourth-order valence-corrected chi connectivity index (χ4v) is 3.31. The summed E-state index contributed by atoms with van der Waals surface area (Å²) in [5, 5.41) is 3.11. The van der Waals surface area contributed by atoms with Crippen molar-refractivity contribution in [3.8, 4) is 5.75 Å². The van der Waals surface area contributed by atoms with Gasteiger partial charge in [-0.2, -0.15) is 0 Å². The number of benzene rings is 1. The standard InChI is InChI=1S/C20H28N2O2/c1-13(2)22-15(4)11-19(16(22)5)20(23)21-14(3)10-17-8-7-9-18(12-17)24-6/h7-9,11-14H,10H2,1-6H3,(H,21,23). The van der Waals surface area contributed by atoms with Crippen LogP contribution in [0.5, 0.6) is 5.75 Å². The first-order valence-corrected chi connectivity index (χ1v) is 8.45. The molecule has 0 saturated heterocycles. The second kappa shape index (κ2) is 7.56. The molecule has 1 atom stereocenters. The zero-order chi connectivity index (χ0) is 17.9. The fraction of sp³-hybridized carbons (Fsp3) is 0.450. The number of nitrogens with one attached hydrogen (secondary N) is 1. The summed E-state index contributed by atoms with van der Waals surface area (Å²) >= 11 is 0. The first-order chi connectivity index (χ1) is 11.3. The average Bonchev–Trinajstić information content (AvgIpc) is 2.82. The summed E-state index contributed by atoms with van der Waals surface area (Å²) in [5.74, 6) is 0.830. The molecule has 4 heteroatoms. The third kappa shape index (κ3) is 3.99. The van der Waals surface area contributed by atoms with Gasteiger partial charge in [0.05, 0.1) is 12.7 Å². The molecule has 2 aromatic rings. The van der Waals surface area contributed by atoms with Crippen molar-refractivity contribution in [1.29, 1.82) is 0 Å². The summed E-state index contributed by atoms with van der Waals surface area (Å²) < 4.78 is 7.45. The molecule has 130 valence electrons.